The van der Waals surface area contributed by atoms with Crippen LogP contribution in [0.4, 0.5) is 84.2 Å². The van der Waals surface area contributed by atoms with Crippen LogP contribution in [0.3, 0.4) is 0 Å². The van der Waals surface area contributed by atoms with Gasteiger partial charge in [-0.15, -0.1) is 25.7 Å². The number of anilines is 4. The molecule has 8 aromatic carbocycles. The molecule has 12 rings (SSSR count). The van der Waals surface area contributed by atoms with Gasteiger partial charge in [-0.1, -0.05) is 180 Å². The molecule has 4 aliphatic rings. The van der Waals surface area contributed by atoms with E-state index in [0.717, 1.165) is 207 Å². The van der Waals surface area contributed by atoms with E-state index in [1.165, 1.54) is 84.9 Å². The molecule has 0 spiro atoms. The van der Waals surface area contributed by atoms with Gasteiger partial charge in [-0.2, -0.15) is 61.5 Å². The zero-order valence-electron chi connectivity index (χ0n) is 71.3. The number of phenols is 1. The van der Waals surface area contributed by atoms with Crippen molar-refractivity contribution in [3.63, 3.8) is 0 Å². The van der Waals surface area contributed by atoms with Crippen LogP contribution >= 0.6 is 0 Å². The Balaban J connectivity index is 0.000000197. The van der Waals surface area contributed by atoms with Gasteiger partial charge in [-0.3, -0.25) is 58.0 Å². The summed E-state index contributed by atoms with van der Waals surface area (Å²) in [6.45, 7) is 0.578. The Hall–Kier alpha value is -13.6. The van der Waals surface area contributed by atoms with Crippen LogP contribution in [0, 0.1) is 63.2 Å². The third-order valence-electron chi connectivity index (χ3n) is 22.5. The molecular weight excluding hydrogens is 1730 g/mol. The first kappa shape index (κ1) is 101. The minimum atomic E-state index is -4.70. The van der Waals surface area contributed by atoms with Crippen LogP contribution in [0.15, 0.2) is 194 Å². The van der Waals surface area contributed by atoms with E-state index in [-0.39, 0.29) is 64.0 Å². The van der Waals surface area contributed by atoms with E-state index in [9.17, 15) is 105 Å². The van der Waals surface area contributed by atoms with Crippen molar-refractivity contribution in [1.82, 2.24) is 21.3 Å². The van der Waals surface area contributed by atoms with Crippen LogP contribution in [-0.2, 0) is 63.1 Å². The van der Waals surface area contributed by atoms with Crippen molar-refractivity contribution >= 4 is 70.0 Å². The van der Waals surface area contributed by atoms with E-state index >= 15 is 0 Å². The number of benzene rings is 8. The molecule has 4 unspecified atom stereocenters. The van der Waals surface area contributed by atoms with E-state index in [2.05, 4.69) is 26.0 Å². The van der Waals surface area contributed by atoms with Crippen molar-refractivity contribution in [3.05, 3.63) is 250 Å². The van der Waals surface area contributed by atoms with Crippen molar-refractivity contribution in [3.8, 4) is 60.9 Å². The van der Waals surface area contributed by atoms with Crippen molar-refractivity contribution in [1.29, 1.82) is 0 Å². The first-order valence-corrected chi connectivity index (χ1v) is 42.3. The predicted octanol–water partition coefficient (Wildman–Crippen LogP) is 20.4. The maximum absolute atomic E-state index is 13.5. The molecule has 4 aliphatic carbocycles. The molecule has 0 saturated heterocycles. The van der Waals surface area contributed by atoms with Gasteiger partial charge >= 0.3 is 54.9 Å². The first-order valence-electron chi connectivity index (χ1n) is 42.3. The number of carbonyl (C=O) groups excluding carboxylic acids is 8. The van der Waals surface area contributed by atoms with E-state index in [1.54, 1.807) is 55.5 Å². The number of amides is 8. The molecule has 32 heteroatoms. The third-order valence-corrected chi connectivity index (χ3v) is 22.5. The number of halogens is 14. The van der Waals surface area contributed by atoms with Gasteiger partial charge in [0.25, 0.3) is 0 Å². The lowest BCUT2D eigenvalue weighted by molar-refractivity contribution is -0.138. The summed E-state index contributed by atoms with van der Waals surface area (Å²) in [6.07, 6.45) is 21.0. The normalized spacial score (nSPS) is 15.4. The van der Waals surface area contributed by atoms with Crippen molar-refractivity contribution < 1.29 is 110 Å². The molecule has 18 nitrogen and oxygen atoms in total. The Morgan fingerprint density at radius 1 is 0.344 bits per heavy atom. The average Bonchev–Trinajstić information content (AvgIpc) is 0.794. The van der Waals surface area contributed by atoms with Crippen molar-refractivity contribution in [2.45, 2.75) is 222 Å². The largest absolute Gasteiger partial charge is 0.508 e. The number of aryl methyl sites for hydroxylation is 2. The number of terminal acetylenes is 4. The van der Waals surface area contributed by atoms with Gasteiger partial charge in [0.15, 0.2) is 0 Å². The van der Waals surface area contributed by atoms with Gasteiger partial charge in [0.1, 0.15) is 35.7 Å². The van der Waals surface area contributed by atoms with Crippen LogP contribution < -0.4 is 45.6 Å². The molecule has 5 N–H and O–H groups in total. The number of ether oxygens (including phenoxy) is 1. The second kappa shape index (κ2) is 46.6. The maximum Gasteiger partial charge on any atom is 0.416 e. The number of hydrogen-bond donors (Lipinski definition) is 5. The molecule has 4 fully saturated rings. The lowest BCUT2D eigenvalue weighted by Crippen LogP contribution is -2.47. The zero-order chi connectivity index (χ0) is 95.5. The minimum Gasteiger partial charge on any atom is -0.508 e. The summed E-state index contributed by atoms with van der Waals surface area (Å²) in [5.74, 6) is 1.55. The number of phenolic OH excluding ortho intramolecular Hbond substituents is 1. The van der Waals surface area contributed by atoms with Crippen molar-refractivity contribution in [2.24, 2.45) is 0 Å². The van der Waals surface area contributed by atoms with Crippen molar-refractivity contribution in [2.75, 3.05) is 19.6 Å². The van der Waals surface area contributed by atoms with Crippen LogP contribution in [0.5, 0.6) is 11.5 Å². The molecule has 0 bridgehead atoms. The Labute approximate surface area is 749 Å². The molecule has 0 aliphatic heterocycles. The molecular formula is C99H96F14N8O10. The molecule has 690 valence electrons. The number of alkyl halides is 14. The molecule has 131 heavy (non-hydrogen) atoms. The standard InChI is InChI=1S/C25H23F5N2O3.2C25H25F3N2O2.C24H23F3N2O3/c1-2-21(33)32(19-10-6-7-17(15-19)25(28,29)30)22(23(34)31-18-8-4-3-5-9-18)16-11-13-20(14-12-16)35-24(26)27;1-3-22(31)30(20-14-9-11-18(16-20)25(26,27)28)23(21-15-8-7-10-17(21)2)24(32)29-19-12-5-4-6-13-19;1-3-22(31)30(21-11-7-8-19(16-21)25(26,27)28)23(18-14-12-17(2)13-15-18)24(32)29-20-9-5-4-6-10-20;1-2-21(31)29(19-10-6-7-17(15-19)24(25,26)27)22(16-11-13-20(30)14-12-16)23(32)28-18-8-4-3-5-9-18/h1,6-7,10-15,18,22,24H,3-5,8-9H2,(H,31,34);1,7-11,14-16,19,23H,4-6,12-13H2,2H3,(H,29,32);1,7-8,11-16,20,23H,4-6,9-10H2,2H3,(H,29,32);1,6-7,10-15,18,22,30H,3-5,8-9H2,(H,28,32). The second-order valence-electron chi connectivity index (χ2n) is 31.8. The smallest absolute Gasteiger partial charge is 0.416 e. The molecule has 0 heterocycles. The first-order chi connectivity index (χ1) is 62.2. The highest BCUT2D eigenvalue weighted by molar-refractivity contribution is 6.12. The summed E-state index contributed by atoms with van der Waals surface area (Å²) in [7, 11) is 0. The summed E-state index contributed by atoms with van der Waals surface area (Å²) in [4.78, 5) is 108. The molecule has 0 aromatic heterocycles. The SMILES string of the molecule is C#CC(=O)N(c1cccc(C(F)(F)F)c1)C(C(=O)NC1CCCCC1)c1ccc(C)cc1.C#CC(=O)N(c1cccc(C(F)(F)F)c1)C(C(=O)NC1CCCCC1)c1ccc(O)cc1.C#CC(=O)N(c1cccc(C(F)(F)F)c1)C(C(=O)NC1CCCCC1)c1ccc(OC(F)F)cc1.C#CC(=O)N(c1cccc(C(F)(F)F)c1)C(C(=O)NC1CCCCC1)c1ccccc1C. The fourth-order valence-corrected chi connectivity index (χ4v) is 16.0. The highest BCUT2D eigenvalue weighted by atomic mass is 19.4. The minimum absolute atomic E-state index is 0.0477. The lowest BCUT2D eigenvalue weighted by Gasteiger charge is -2.33. The summed E-state index contributed by atoms with van der Waals surface area (Å²) in [5.41, 5.74) is -1.35. The molecule has 8 aromatic rings. The van der Waals surface area contributed by atoms with E-state index in [1.807, 2.05) is 30.6 Å². The fraction of sp³-hybridized carbons (Fsp3) is 0.354. The summed E-state index contributed by atoms with van der Waals surface area (Å²) in [6, 6.07) is 35.4. The number of carbonyl (C=O) groups is 8. The molecule has 8 amide bonds. The number of rotatable bonds is 22. The summed E-state index contributed by atoms with van der Waals surface area (Å²) >= 11 is 0. The molecule has 4 atom stereocenters. The van der Waals surface area contributed by atoms with Gasteiger partial charge in [-0.05, 0) is 214 Å². The van der Waals surface area contributed by atoms with Crippen LogP contribution in [-0.4, -0.2) is 83.1 Å². The Morgan fingerprint density at radius 3 is 0.855 bits per heavy atom. The van der Waals surface area contributed by atoms with E-state index in [4.69, 9.17) is 25.7 Å². The fourth-order valence-electron chi connectivity index (χ4n) is 16.0. The van der Waals surface area contributed by atoms with Gasteiger partial charge in [0.2, 0.25) is 23.6 Å². The number of nitrogens with zero attached hydrogens (tertiary/aromatic N) is 4. The third kappa shape index (κ3) is 28.4. The highest BCUT2D eigenvalue weighted by Gasteiger charge is 2.43. The van der Waals surface area contributed by atoms with E-state index < -0.39 is 125 Å². The Morgan fingerprint density at radius 2 is 0.595 bits per heavy atom. The second-order valence-corrected chi connectivity index (χ2v) is 31.8. The van der Waals surface area contributed by atoms with Crippen LogP contribution in [0.2, 0.25) is 0 Å². The van der Waals surface area contributed by atoms with Crippen LogP contribution in [0.25, 0.3) is 0 Å². The van der Waals surface area contributed by atoms with Gasteiger partial charge in [0, 0.05) is 46.9 Å². The Bertz CT molecular complexity index is 5280. The number of hydrogen-bond acceptors (Lipinski definition) is 10. The molecule has 0 radical (unpaired) electrons. The number of nitrogens with one attached hydrogen (secondary N) is 4. The predicted molar refractivity (Wildman–Crippen MR) is 466 cm³/mol. The monoisotopic (exact) mass is 1820 g/mol. The van der Waals surface area contributed by atoms with E-state index in [0.29, 0.717) is 29.5 Å². The summed E-state index contributed by atoms with van der Waals surface area (Å²) in [5, 5.41) is 21.4. The number of aromatic hydroxyl groups is 1. The Kier molecular flexibility index (Phi) is 36.0. The van der Waals surface area contributed by atoms with Gasteiger partial charge < -0.3 is 31.1 Å². The lowest BCUT2D eigenvalue weighted by atomic mass is 9.93. The zero-order valence-corrected chi connectivity index (χ0v) is 71.3. The van der Waals surface area contributed by atoms with Gasteiger partial charge in [-0.25, -0.2) is 0 Å². The topological polar surface area (TPSA) is 227 Å². The highest BCUT2D eigenvalue weighted by Crippen LogP contribution is 2.42. The van der Waals surface area contributed by atoms with Gasteiger partial charge in [0.05, 0.1) is 22.3 Å². The quantitative estimate of drug-likeness (QED) is 0.0318. The average molecular weight is 1820 g/mol. The maximum atomic E-state index is 13.5. The van der Waals surface area contributed by atoms with Crippen LogP contribution in [0.1, 0.15) is 208 Å². The summed E-state index contributed by atoms with van der Waals surface area (Å²) < 4.78 is 189. The molecule has 4 saturated carbocycles.